The molecule has 0 amide bonds. The number of esters is 1. The van der Waals surface area contributed by atoms with E-state index >= 15 is 0 Å². The first-order chi connectivity index (χ1) is 14.4. The van der Waals surface area contributed by atoms with E-state index in [2.05, 4.69) is 11.9 Å². The van der Waals surface area contributed by atoms with Crippen LogP contribution in [0.2, 0.25) is 5.02 Å². The monoisotopic (exact) mass is 429 g/mol. The van der Waals surface area contributed by atoms with Crippen molar-refractivity contribution in [2.45, 2.75) is 45.1 Å². The average molecular weight is 430 g/mol. The molecule has 2 aromatic carbocycles. The second-order valence-corrected chi connectivity index (χ2v) is 8.94. The molecule has 1 aliphatic heterocycles. The van der Waals surface area contributed by atoms with Crippen molar-refractivity contribution >= 4 is 17.6 Å². The highest BCUT2D eigenvalue weighted by atomic mass is 35.5. The molecular formula is C25H32ClNO3. The van der Waals surface area contributed by atoms with Gasteiger partial charge >= 0.3 is 5.97 Å². The van der Waals surface area contributed by atoms with E-state index in [9.17, 15) is 4.79 Å². The smallest absolute Gasteiger partial charge is 0.350 e. The first-order valence-electron chi connectivity index (χ1n) is 10.8. The number of hydrogen-bond donors (Lipinski definition) is 0. The largest absolute Gasteiger partial charge is 0.476 e. The Morgan fingerprint density at radius 3 is 2.37 bits per heavy atom. The van der Waals surface area contributed by atoms with Crippen LogP contribution >= 0.6 is 11.6 Å². The van der Waals surface area contributed by atoms with Crippen molar-refractivity contribution in [3.8, 4) is 5.75 Å². The number of benzene rings is 2. The standard InChI is InChI=1S/C25H32ClNO3/c1-4-25(2,24(28)29-18-21-6-5-15-27(3)17-21)30-23-13-9-20(10-14-23)16-19-7-11-22(26)12-8-19/h7-14,21H,4-6,15-18H2,1-3H3/t21-,25+/m0/s1. The Kier molecular flexibility index (Phi) is 7.79. The number of hydrogen-bond acceptors (Lipinski definition) is 4. The summed E-state index contributed by atoms with van der Waals surface area (Å²) in [6.45, 7) is 6.32. The van der Waals surface area contributed by atoms with Crippen molar-refractivity contribution in [2.75, 3.05) is 26.7 Å². The Morgan fingerprint density at radius 1 is 1.13 bits per heavy atom. The maximum absolute atomic E-state index is 12.8. The number of rotatable bonds is 8. The molecule has 0 spiro atoms. The fourth-order valence-electron chi connectivity index (χ4n) is 3.79. The third-order valence-corrected chi connectivity index (χ3v) is 6.12. The number of piperidine rings is 1. The molecule has 1 heterocycles. The van der Waals surface area contributed by atoms with E-state index < -0.39 is 5.60 Å². The Balaban J connectivity index is 1.56. The summed E-state index contributed by atoms with van der Waals surface area (Å²) in [6, 6.07) is 15.8. The van der Waals surface area contributed by atoms with Crippen LogP contribution in [0, 0.1) is 5.92 Å². The van der Waals surface area contributed by atoms with Gasteiger partial charge in [-0.2, -0.15) is 0 Å². The summed E-state index contributed by atoms with van der Waals surface area (Å²) in [4.78, 5) is 15.1. The lowest BCUT2D eigenvalue weighted by Crippen LogP contribution is -2.44. The molecule has 0 N–H and O–H groups in total. The number of nitrogens with zero attached hydrogens (tertiary/aromatic N) is 1. The summed E-state index contributed by atoms with van der Waals surface area (Å²) in [5.74, 6) is 0.790. The maximum Gasteiger partial charge on any atom is 0.350 e. The fourth-order valence-corrected chi connectivity index (χ4v) is 3.91. The van der Waals surface area contributed by atoms with Gasteiger partial charge in [-0.15, -0.1) is 0 Å². The van der Waals surface area contributed by atoms with Crippen molar-refractivity contribution < 1.29 is 14.3 Å². The predicted molar refractivity (Wildman–Crippen MR) is 121 cm³/mol. The Bertz CT molecular complexity index is 821. The highest BCUT2D eigenvalue weighted by molar-refractivity contribution is 6.30. The van der Waals surface area contributed by atoms with Crippen molar-refractivity contribution in [2.24, 2.45) is 5.92 Å². The minimum atomic E-state index is -0.988. The molecular weight excluding hydrogens is 398 g/mol. The molecule has 0 aromatic heterocycles. The normalized spacial score (nSPS) is 19.1. The third kappa shape index (κ3) is 6.23. The molecule has 1 saturated heterocycles. The summed E-state index contributed by atoms with van der Waals surface area (Å²) in [7, 11) is 2.11. The van der Waals surface area contributed by atoms with Crippen LogP contribution in [0.25, 0.3) is 0 Å². The van der Waals surface area contributed by atoms with Crippen LogP contribution in [0.4, 0.5) is 0 Å². The highest BCUT2D eigenvalue weighted by Crippen LogP contribution is 2.25. The predicted octanol–water partition coefficient (Wildman–Crippen LogP) is 5.36. The Morgan fingerprint density at radius 2 is 1.77 bits per heavy atom. The van der Waals surface area contributed by atoms with Crippen LogP contribution in [0.1, 0.15) is 44.2 Å². The van der Waals surface area contributed by atoms with Gasteiger partial charge in [0.05, 0.1) is 6.61 Å². The van der Waals surface area contributed by atoms with Crippen molar-refractivity contribution in [1.82, 2.24) is 4.90 Å². The summed E-state index contributed by atoms with van der Waals surface area (Å²) < 4.78 is 11.8. The van der Waals surface area contributed by atoms with Gasteiger partial charge in [0.1, 0.15) is 5.75 Å². The number of carbonyl (C=O) groups excluding carboxylic acids is 1. The molecule has 30 heavy (non-hydrogen) atoms. The maximum atomic E-state index is 12.8. The zero-order valence-electron chi connectivity index (χ0n) is 18.2. The molecule has 3 rings (SSSR count). The zero-order chi connectivity index (χ0) is 21.6. The second-order valence-electron chi connectivity index (χ2n) is 8.50. The Hall–Kier alpha value is -2.04. The third-order valence-electron chi connectivity index (χ3n) is 5.87. The number of ether oxygens (including phenoxy) is 2. The lowest BCUT2D eigenvalue weighted by molar-refractivity contribution is -0.163. The van der Waals surface area contributed by atoms with E-state index in [4.69, 9.17) is 21.1 Å². The fraction of sp³-hybridized carbons (Fsp3) is 0.480. The lowest BCUT2D eigenvalue weighted by atomic mass is 9.99. The molecule has 0 radical (unpaired) electrons. The summed E-state index contributed by atoms with van der Waals surface area (Å²) in [6.07, 6.45) is 3.63. The van der Waals surface area contributed by atoms with Gasteiger partial charge in [0.25, 0.3) is 0 Å². The minimum absolute atomic E-state index is 0.288. The van der Waals surface area contributed by atoms with Gasteiger partial charge in [0.15, 0.2) is 0 Å². The van der Waals surface area contributed by atoms with Gasteiger partial charge in [-0.3, -0.25) is 0 Å². The second kappa shape index (κ2) is 10.3. The molecule has 1 aliphatic rings. The highest BCUT2D eigenvalue weighted by Gasteiger charge is 2.36. The number of likely N-dealkylation sites (tertiary alicyclic amines) is 1. The quantitative estimate of drug-likeness (QED) is 0.529. The topological polar surface area (TPSA) is 38.8 Å². The van der Waals surface area contributed by atoms with E-state index in [0.29, 0.717) is 24.7 Å². The number of carbonyl (C=O) groups is 1. The first-order valence-corrected chi connectivity index (χ1v) is 11.1. The van der Waals surface area contributed by atoms with Crippen molar-refractivity contribution in [3.63, 3.8) is 0 Å². The molecule has 5 heteroatoms. The summed E-state index contributed by atoms with van der Waals surface area (Å²) in [5, 5.41) is 0.740. The van der Waals surface area contributed by atoms with Crippen molar-refractivity contribution in [3.05, 3.63) is 64.7 Å². The van der Waals surface area contributed by atoms with E-state index in [1.807, 2.05) is 62.4 Å². The zero-order valence-corrected chi connectivity index (χ0v) is 19.0. The van der Waals surface area contributed by atoms with Gasteiger partial charge in [-0.1, -0.05) is 42.8 Å². The molecule has 0 saturated carbocycles. The molecule has 2 aromatic rings. The average Bonchev–Trinajstić information content (AvgIpc) is 2.75. The first kappa shape index (κ1) is 22.6. The molecule has 4 nitrogen and oxygen atoms in total. The molecule has 0 bridgehead atoms. The molecule has 0 unspecified atom stereocenters. The number of halogens is 1. The summed E-state index contributed by atoms with van der Waals surface area (Å²) >= 11 is 5.95. The Labute approximate surface area is 185 Å². The molecule has 162 valence electrons. The van der Waals surface area contributed by atoms with E-state index in [1.165, 1.54) is 11.1 Å². The van der Waals surface area contributed by atoms with Gasteiger partial charge in [0, 0.05) is 17.5 Å². The molecule has 0 aliphatic carbocycles. The van der Waals surface area contributed by atoms with Gasteiger partial charge in [-0.05, 0) is 81.6 Å². The van der Waals surface area contributed by atoms with E-state index in [-0.39, 0.29) is 5.97 Å². The molecule has 2 atom stereocenters. The van der Waals surface area contributed by atoms with Gasteiger partial charge < -0.3 is 14.4 Å². The van der Waals surface area contributed by atoms with E-state index in [0.717, 1.165) is 37.4 Å². The lowest BCUT2D eigenvalue weighted by Gasteiger charge is -2.31. The van der Waals surface area contributed by atoms with Crippen LogP contribution < -0.4 is 4.74 Å². The summed E-state index contributed by atoms with van der Waals surface area (Å²) in [5.41, 5.74) is 1.38. The van der Waals surface area contributed by atoms with Gasteiger partial charge in [0.2, 0.25) is 5.60 Å². The van der Waals surface area contributed by atoms with Crippen LogP contribution in [0.5, 0.6) is 5.75 Å². The van der Waals surface area contributed by atoms with Crippen LogP contribution in [0.3, 0.4) is 0 Å². The van der Waals surface area contributed by atoms with E-state index in [1.54, 1.807) is 0 Å². The van der Waals surface area contributed by atoms with Crippen LogP contribution in [-0.4, -0.2) is 43.2 Å². The SMILES string of the molecule is CC[C@@](C)(Oc1ccc(Cc2ccc(Cl)cc2)cc1)C(=O)OC[C@H]1CCCN(C)C1. The molecule has 1 fully saturated rings. The van der Waals surface area contributed by atoms with Crippen LogP contribution in [0.15, 0.2) is 48.5 Å². The minimum Gasteiger partial charge on any atom is -0.476 e. The van der Waals surface area contributed by atoms with Crippen LogP contribution in [-0.2, 0) is 16.0 Å². The van der Waals surface area contributed by atoms with Gasteiger partial charge in [-0.25, -0.2) is 4.79 Å². The van der Waals surface area contributed by atoms with Crippen molar-refractivity contribution in [1.29, 1.82) is 0 Å².